The Morgan fingerprint density at radius 1 is 0.938 bits per heavy atom. The van der Waals surface area contributed by atoms with Gasteiger partial charge in [-0.1, -0.05) is 69.3 Å². The van der Waals surface area contributed by atoms with Crippen LogP contribution in [0.5, 0.6) is 0 Å². The molecule has 2 aromatic carbocycles. The van der Waals surface area contributed by atoms with E-state index in [1.165, 1.54) is 0 Å². The van der Waals surface area contributed by atoms with E-state index in [-0.39, 0.29) is 5.91 Å². The molecule has 3 rings (SSSR count). The topological polar surface area (TPSA) is 84.5 Å². The van der Waals surface area contributed by atoms with Gasteiger partial charge in [0.15, 0.2) is 6.61 Å². The van der Waals surface area contributed by atoms with E-state index in [2.05, 4.69) is 10.6 Å². The van der Waals surface area contributed by atoms with Crippen LogP contribution in [0.4, 0.5) is 10.7 Å². The monoisotopic (exact) mass is 450 g/mol. The lowest BCUT2D eigenvalue weighted by molar-refractivity contribution is -0.123. The summed E-state index contributed by atoms with van der Waals surface area (Å²) in [7, 11) is 0. The van der Waals surface area contributed by atoms with E-state index in [0.717, 1.165) is 22.5 Å². The van der Waals surface area contributed by atoms with Gasteiger partial charge in [0.2, 0.25) is 5.91 Å². The summed E-state index contributed by atoms with van der Waals surface area (Å²) in [6.07, 6.45) is 0. The molecule has 2 N–H and O–H groups in total. The van der Waals surface area contributed by atoms with Crippen molar-refractivity contribution < 1.29 is 19.1 Å². The van der Waals surface area contributed by atoms with Gasteiger partial charge in [0.25, 0.3) is 5.91 Å². The average Bonchev–Trinajstić information content (AvgIpc) is 3.12. The molecule has 32 heavy (non-hydrogen) atoms. The number of aryl methyl sites for hydroxylation is 1. The highest BCUT2D eigenvalue weighted by Gasteiger charge is 2.23. The van der Waals surface area contributed by atoms with Crippen LogP contribution < -0.4 is 10.6 Å². The largest absolute Gasteiger partial charge is 0.451 e. The normalized spacial score (nSPS) is 11.0. The molecule has 1 heterocycles. The molecule has 0 fully saturated rings. The van der Waals surface area contributed by atoms with Gasteiger partial charge in [-0.15, -0.1) is 11.3 Å². The molecular formula is C25H26N2O4S. The summed E-state index contributed by atoms with van der Waals surface area (Å²) in [6, 6.07) is 18.9. The fourth-order valence-electron chi connectivity index (χ4n) is 2.89. The van der Waals surface area contributed by atoms with E-state index in [1.807, 2.05) is 69.3 Å². The number of thiophene rings is 1. The van der Waals surface area contributed by atoms with Gasteiger partial charge in [0.1, 0.15) is 4.88 Å². The van der Waals surface area contributed by atoms with Crippen LogP contribution in [0.3, 0.4) is 0 Å². The average molecular weight is 451 g/mol. The molecule has 7 heteroatoms. The molecule has 0 aliphatic rings. The zero-order valence-electron chi connectivity index (χ0n) is 18.5. The van der Waals surface area contributed by atoms with Crippen molar-refractivity contribution in [2.45, 2.75) is 27.7 Å². The fourth-order valence-corrected chi connectivity index (χ4v) is 3.85. The lowest BCUT2D eigenvalue weighted by atomic mass is 9.96. The van der Waals surface area contributed by atoms with Crippen LogP contribution in [-0.4, -0.2) is 24.4 Å². The summed E-state index contributed by atoms with van der Waals surface area (Å²) in [6.45, 7) is 6.78. The standard InChI is InChI=1S/C25H26N2O4S/c1-16-14-21(27-24(30)25(2,3)4)32-22(16)23(29)31-15-20(28)26-19-13-9-8-12-18(19)17-10-6-5-7-11-17/h5-14H,15H2,1-4H3,(H,26,28)(H,27,30). The van der Waals surface area contributed by atoms with E-state index >= 15 is 0 Å². The highest BCUT2D eigenvalue weighted by Crippen LogP contribution is 2.29. The molecule has 0 aliphatic heterocycles. The van der Waals surface area contributed by atoms with Gasteiger partial charge in [0.05, 0.1) is 5.00 Å². The number of benzene rings is 2. The molecule has 0 atom stereocenters. The Kier molecular flexibility index (Phi) is 7.10. The van der Waals surface area contributed by atoms with Gasteiger partial charge in [0, 0.05) is 16.7 Å². The number of anilines is 2. The van der Waals surface area contributed by atoms with Gasteiger partial charge in [-0.3, -0.25) is 9.59 Å². The van der Waals surface area contributed by atoms with Crippen LogP contribution in [0, 0.1) is 12.3 Å². The van der Waals surface area contributed by atoms with Crippen molar-refractivity contribution in [3.63, 3.8) is 0 Å². The zero-order valence-corrected chi connectivity index (χ0v) is 19.3. The van der Waals surface area contributed by atoms with Gasteiger partial charge in [-0.2, -0.15) is 0 Å². The van der Waals surface area contributed by atoms with E-state index in [9.17, 15) is 14.4 Å². The van der Waals surface area contributed by atoms with Crippen LogP contribution in [0.25, 0.3) is 11.1 Å². The van der Waals surface area contributed by atoms with Gasteiger partial charge in [-0.05, 0) is 30.2 Å². The Hall–Kier alpha value is -3.45. The third-order valence-electron chi connectivity index (χ3n) is 4.64. The van der Waals surface area contributed by atoms with Crippen molar-refractivity contribution in [2.24, 2.45) is 5.41 Å². The quantitative estimate of drug-likeness (QED) is 0.486. The number of rotatable bonds is 6. The van der Waals surface area contributed by atoms with Crippen molar-refractivity contribution in [2.75, 3.05) is 17.2 Å². The molecule has 0 aliphatic carbocycles. The number of hydrogen-bond donors (Lipinski definition) is 2. The maximum absolute atomic E-state index is 12.5. The van der Waals surface area contributed by atoms with Crippen molar-refractivity contribution in [3.8, 4) is 11.1 Å². The highest BCUT2D eigenvalue weighted by atomic mass is 32.1. The number of carbonyl (C=O) groups excluding carboxylic acids is 3. The van der Waals surface area contributed by atoms with Crippen LogP contribution in [0.15, 0.2) is 60.7 Å². The molecule has 0 saturated heterocycles. The summed E-state index contributed by atoms with van der Waals surface area (Å²) in [5, 5.41) is 6.18. The van der Waals surface area contributed by atoms with E-state index in [0.29, 0.717) is 21.1 Å². The molecule has 6 nitrogen and oxygen atoms in total. The maximum Gasteiger partial charge on any atom is 0.349 e. The first-order valence-electron chi connectivity index (χ1n) is 10.2. The number of para-hydroxylation sites is 1. The number of ether oxygens (including phenoxy) is 1. The van der Waals surface area contributed by atoms with Crippen LogP contribution in [0.1, 0.15) is 36.0 Å². The Bertz CT molecular complexity index is 1130. The number of carbonyl (C=O) groups is 3. The van der Waals surface area contributed by atoms with Crippen molar-refractivity contribution in [1.29, 1.82) is 0 Å². The molecular weight excluding hydrogens is 424 g/mol. The predicted octanol–water partition coefficient (Wildman–Crippen LogP) is 5.50. The molecule has 0 radical (unpaired) electrons. The second-order valence-electron chi connectivity index (χ2n) is 8.36. The second-order valence-corrected chi connectivity index (χ2v) is 9.42. The fraction of sp³-hybridized carbons (Fsp3) is 0.240. The van der Waals surface area contributed by atoms with E-state index in [1.54, 1.807) is 19.1 Å². The van der Waals surface area contributed by atoms with Crippen molar-refractivity contribution in [1.82, 2.24) is 0 Å². The molecule has 0 bridgehead atoms. The molecule has 2 amide bonds. The summed E-state index contributed by atoms with van der Waals surface area (Å²) < 4.78 is 5.22. The first-order chi connectivity index (χ1) is 15.1. The number of hydrogen-bond acceptors (Lipinski definition) is 5. The van der Waals surface area contributed by atoms with Gasteiger partial charge < -0.3 is 15.4 Å². The minimum absolute atomic E-state index is 0.143. The van der Waals surface area contributed by atoms with Crippen LogP contribution in [0.2, 0.25) is 0 Å². The Labute approximate surface area is 191 Å². The van der Waals surface area contributed by atoms with E-state index in [4.69, 9.17) is 4.74 Å². The Morgan fingerprint density at radius 3 is 2.28 bits per heavy atom. The van der Waals surface area contributed by atoms with Gasteiger partial charge in [-0.25, -0.2) is 4.79 Å². The SMILES string of the molecule is Cc1cc(NC(=O)C(C)(C)C)sc1C(=O)OCC(=O)Nc1ccccc1-c1ccccc1. The zero-order chi connectivity index (χ0) is 23.3. The van der Waals surface area contributed by atoms with Crippen molar-refractivity contribution in [3.05, 3.63) is 71.1 Å². The summed E-state index contributed by atoms with van der Waals surface area (Å²) in [5.74, 6) is -1.18. The lowest BCUT2D eigenvalue weighted by Gasteiger charge is -2.16. The number of nitrogens with one attached hydrogen (secondary N) is 2. The molecule has 1 aromatic heterocycles. The van der Waals surface area contributed by atoms with E-state index < -0.39 is 23.9 Å². The third kappa shape index (κ3) is 5.82. The first kappa shape index (κ1) is 23.2. The third-order valence-corrected chi connectivity index (χ3v) is 5.77. The minimum atomic E-state index is -0.602. The summed E-state index contributed by atoms with van der Waals surface area (Å²) in [4.78, 5) is 37.5. The van der Waals surface area contributed by atoms with Crippen LogP contribution >= 0.6 is 11.3 Å². The Balaban J connectivity index is 1.62. The number of esters is 1. The molecule has 0 unspecified atom stereocenters. The Morgan fingerprint density at radius 2 is 1.59 bits per heavy atom. The van der Waals surface area contributed by atoms with Crippen molar-refractivity contribution >= 4 is 39.8 Å². The molecule has 0 spiro atoms. The predicted molar refractivity (Wildman–Crippen MR) is 128 cm³/mol. The first-order valence-corrected chi connectivity index (χ1v) is 11.0. The lowest BCUT2D eigenvalue weighted by Crippen LogP contribution is -2.27. The molecule has 3 aromatic rings. The number of amides is 2. The second kappa shape index (κ2) is 9.78. The smallest absolute Gasteiger partial charge is 0.349 e. The van der Waals surface area contributed by atoms with Gasteiger partial charge >= 0.3 is 5.97 Å². The van der Waals surface area contributed by atoms with Crippen LogP contribution in [-0.2, 0) is 14.3 Å². The minimum Gasteiger partial charge on any atom is -0.451 e. The highest BCUT2D eigenvalue weighted by molar-refractivity contribution is 7.18. The summed E-state index contributed by atoms with van der Waals surface area (Å²) >= 11 is 1.13. The molecule has 0 saturated carbocycles. The summed E-state index contributed by atoms with van der Waals surface area (Å²) in [5.41, 5.74) is 2.62. The maximum atomic E-state index is 12.5. The molecule has 166 valence electrons.